The van der Waals surface area contributed by atoms with Gasteiger partial charge in [-0.25, -0.2) is 0 Å². The van der Waals surface area contributed by atoms with E-state index in [2.05, 4.69) is 315 Å². The Morgan fingerprint density at radius 3 is 1.35 bits per heavy atom. The topological polar surface area (TPSA) is 37.2 Å². The van der Waals surface area contributed by atoms with E-state index in [9.17, 15) is 0 Å². The summed E-state index contributed by atoms with van der Waals surface area (Å²) in [5.41, 5.74) is 25.9. The Bertz CT molecular complexity index is 6510. The molecule has 5 aromatic heterocycles. The van der Waals surface area contributed by atoms with Crippen molar-refractivity contribution in [3.05, 3.63) is 295 Å². The predicted octanol–water partition coefficient (Wildman–Crippen LogP) is 25.4. The fraction of sp³-hybridized carbons (Fsp3) is 0.0682. The van der Waals surface area contributed by atoms with E-state index in [4.69, 9.17) is 8.83 Å². The molecule has 2 aliphatic rings. The Morgan fingerprint density at radius 2 is 0.745 bits per heavy atom. The summed E-state index contributed by atoms with van der Waals surface area (Å²) in [5, 5.41) is 14.3. The zero-order valence-corrected chi connectivity index (χ0v) is 52.9. The van der Waals surface area contributed by atoms with Gasteiger partial charge in [0.15, 0.2) is 11.2 Å². The lowest BCUT2D eigenvalue weighted by Crippen LogP contribution is -2.16. The molecule has 0 saturated carbocycles. The van der Waals surface area contributed by atoms with Gasteiger partial charge in [0.25, 0.3) is 0 Å². The van der Waals surface area contributed by atoms with Crippen LogP contribution in [0.25, 0.3) is 146 Å². The average molecular weight is 1220 g/mol. The average Bonchev–Trinajstić information content (AvgIpc) is 1.52. The van der Waals surface area contributed by atoms with E-state index in [1.807, 2.05) is 11.3 Å². The van der Waals surface area contributed by atoms with E-state index in [0.29, 0.717) is 0 Å². The van der Waals surface area contributed by atoms with Gasteiger partial charge in [-0.3, -0.25) is 0 Å². The lowest BCUT2D eigenvalue weighted by molar-refractivity contribution is 0.660. The number of furan rings is 2. The number of rotatable bonds is 7. The van der Waals surface area contributed by atoms with Gasteiger partial charge < -0.3 is 23.0 Å². The molecule has 2 aliphatic carbocycles. The van der Waals surface area contributed by atoms with Crippen LogP contribution in [0.2, 0.25) is 0 Å². The zero-order chi connectivity index (χ0) is 62.0. The molecule has 94 heavy (non-hydrogen) atoms. The molecular formula is C88H57N3O2S. The van der Waals surface area contributed by atoms with E-state index < -0.39 is 0 Å². The third-order valence-corrected chi connectivity index (χ3v) is 22.7. The summed E-state index contributed by atoms with van der Waals surface area (Å²) < 4.78 is 18.9. The summed E-state index contributed by atoms with van der Waals surface area (Å²) in [6.45, 7) is 9.47. The van der Waals surface area contributed by atoms with Gasteiger partial charge in [-0.1, -0.05) is 216 Å². The number of hydrogen-bond acceptors (Lipinski definition) is 5. The van der Waals surface area contributed by atoms with Crippen molar-refractivity contribution >= 4 is 158 Å². The number of aromatic nitrogens is 1. The van der Waals surface area contributed by atoms with Crippen LogP contribution in [0, 0.1) is 0 Å². The zero-order valence-electron chi connectivity index (χ0n) is 52.0. The summed E-state index contributed by atoms with van der Waals surface area (Å²) in [7, 11) is 0. The van der Waals surface area contributed by atoms with E-state index in [1.165, 1.54) is 119 Å². The highest BCUT2D eigenvalue weighted by Gasteiger charge is 2.38. The second-order valence-corrected chi connectivity index (χ2v) is 28.1. The van der Waals surface area contributed by atoms with E-state index in [1.54, 1.807) is 0 Å². The highest BCUT2D eigenvalue weighted by molar-refractivity contribution is 7.26. The van der Waals surface area contributed by atoms with Gasteiger partial charge in [-0.05, 0) is 141 Å². The molecule has 0 radical (unpaired) electrons. The molecule has 0 atom stereocenters. The monoisotopic (exact) mass is 1220 g/mol. The molecule has 5 nitrogen and oxygen atoms in total. The highest BCUT2D eigenvalue weighted by Crippen LogP contribution is 2.56. The van der Waals surface area contributed by atoms with Gasteiger partial charge in [0.05, 0.1) is 27.9 Å². The van der Waals surface area contributed by atoms with Crippen molar-refractivity contribution in [3.8, 4) is 33.4 Å². The van der Waals surface area contributed by atoms with Gasteiger partial charge in [0.1, 0.15) is 11.2 Å². The van der Waals surface area contributed by atoms with Gasteiger partial charge >= 0.3 is 0 Å². The molecule has 0 bridgehead atoms. The number of benzene rings is 14. The number of anilines is 6. The molecule has 14 aromatic carbocycles. The molecule has 0 fully saturated rings. The van der Waals surface area contributed by atoms with Crippen LogP contribution in [0.1, 0.15) is 49.9 Å². The van der Waals surface area contributed by atoms with E-state index in [-0.39, 0.29) is 10.8 Å². The van der Waals surface area contributed by atoms with Gasteiger partial charge in [-0.2, -0.15) is 0 Å². The van der Waals surface area contributed by atoms with E-state index in [0.717, 1.165) is 83.5 Å². The second kappa shape index (κ2) is 18.6. The van der Waals surface area contributed by atoms with Gasteiger partial charge in [-0.15, -0.1) is 11.3 Å². The lowest BCUT2D eigenvalue weighted by Gasteiger charge is -2.28. The quantitative estimate of drug-likeness (QED) is 0.159. The molecule has 0 N–H and O–H groups in total. The number of fused-ring (bicyclic) bond motifs is 24. The highest BCUT2D eigenvalue weighted by atomic mass is 32.1. The number of hydrogen-bond donors (Lipinski definition) is 0. The fourth-order valence-electron chi connectivity index (χ4n) is 17.1. The molecular weight excluding hydrogens is 1160 g/mol. The van der Waals surface area contributed by atoms with Crippen molar-refractivity contribution in [2.45, 2.75) is 38.5 Å². The lowest BCUT2D eigenvalue weighted by atomic mass is 9.82. The first-order valence-electron chi connectivity index (χ1n) is 32.6. The molecule has 21 rings (SSSR count). The maximum atomic E-state index is 6.95. The predicted molar refractivity (Wildman–Crippen MR) is 396 cm³/mol. The largest absolute Gasteiger partial charge is 0.454 e. The number of para-hydroxylation sites is 4. The van der Waals surface area contributed by atoms with Crippen LogP contribution in [0.4, 0.5) is 34.1 Å². The summed E-state index contributed by atoms with van der Waals surface area (Å²) in [6.07, 6.45) is 0. The van der Waals surface area contributed by atoms with Gasteiger partial charge in [0, 0.05) is 108 Å². The molecule has 19 aromatic rings. The normalized spacial score (nSPS) is 13.9. The smallest absolute Gasteiger partial charge is 0.159 e. The minimum atomic E-state index is -0.201. The Labute approximate surface area is 545 Å². The maximum Gasteiger partial charge on any atom is 0.159 e. The van der Waals surface area contributed by atoms with Crippen molar-refractivity contribution < 1.29 is 8.83 Å². The van der Waals surface area contributed by atoms with Crippen molar-refractivity contribution in [3.63, 3.8) is 0 Å². The van der Waals surface area contributed by atoms with Crippen molar-refractivity contribution in [2.75, 3.05) is 9.80 Å². The summed E-state index contributed by atoms with van der Waals surface area (Å²) in [5.74, 6) is 0. The van der Waals surface area contributed by atoms with Crippen molar-refractivity contribution in [1.29, 1.82) is 0 Å². The standard InChI is InChI=1S/C88H57N3O2S/c1-87(2)72-26-12-8-20-56(72)58-36-32-52(46-74(58)87)89(76-28-16-24-66-61-22-10-14-30-79(61)92-84(66)76)54-34-38-60-70-44-51(50-18-6-5-7-19-50)45-71-65-41-43-69-64(82(65)91(83(70)71)78(60)48-54)40-42-68-63-39-35-55(49-81(63)94-86(68)69)90(77-29-17-25-67-62-23-11-15-31-80(62)93-85(67)77)53-33-37-59-57-21-9-13-27-73(57)88(3,4)75(59)47-53/h5-49H,1-4H3. The van der Waals surface area contributed by atoms with Crippen LogP contribution in [0.15, 0.2) is 282 Å². The molecule has 0 spiro atoms. The minimum Gasteiger partial charge on any atom is -0.454 e. The molecule has 5 heterocycles. The Balaban J connectivity index is 0.789. The molecule has 0 unspecified atom stereocenters. The third kappa shape index (κ3) is 6.97. The van der Waals surface area contributed by atoms with Crippen molar-refractivity contribution in [1.82, 2.24) is 4.40 Å². The summed E-state index contributed by atoms with van der Waals surface area (Å²) >= 11 is 1.89. The SMILES string of the molecule is CC1(C)c2ccccc2-c2ccc(N(c3ccc4c(c3)sc3c4ccc4c3ccc3c5cc(-c6ccccc6)cc6c7ccc(N(c8ccc9c(c8)C(C)(C)c8ccccc8-9)c8cccc9c8oc8ccccc89)cc7n(c43)c65)c3cccc4c3oc3ccccc34)cc21. The minimum absolute atomic E-state index is 0.178. The number of nitrogens with zero attached hydrogens (tertiary/aromatic N) is 3. The Morgan fingerprint density at radius 1 is 0.309 bits per heavy atom. The Hall–Kier alpha value is -11.4. The second-order valence-electron chi connectivity index (χ2n) is 27.1. The van der Waals surface area contributed by atoms with Gasteiger partial charge in [0.2, 0.25) is 0 Å². The van der Waals surface area contributed by atoms with Crippen LogP contribution in [0.5, 0.6) is 0 Å². The molecule has 6 heteroatoms. The first-order valence-corrected chi connectivity index (χ1v) is 33.4. The van der Waals surface area contributed by atoms with Crippen LogP contribution in [0.3, 0.4) is 0 Å². The fourth-order valence-corrected chi connectivity index (χ4v) is 18.3. The first-order chi connectivity index (χ1) is 46.1. The van der Waals surface area contributed by atoms with Crippen molar-refractivity contribution in [2.24, 2.45) is 0 Å². The summed E-state index contributed by atoms with van der Waals surface area (Å²) in [6, 6.07) is 102. The van der Waals surface area contributed by atoms with Crippen LogP contribution < -0.4 is 9.80 Å². The third-order valence-electron chi connectivity index (χ3n) is 21.5. The number of thiophene rings is 1. The first kappa shape index (κ1) is 52.2. The van der Waals surface area contributed by atoms with Crippen LogP contribution in [-0.4, -0.2) is 4.40 Å². The summed E-state index contributed by atoms with van der Waals surface area (Å²) in [4.78, 5) is 4.88. The van der Waals surface area contributed by atoms with Crippen LogP contribution >= 0.6 is 11.3 Å². The van der Waals surface area contributed by atoms with Crippen LogP contribution in [-0.2, 0) is 10.8 Å². The molecule has 0 amide bonds. The Kier molecular flexibility index (Phi) is 10.3. The van der Waals surface area contributed by atoms with E-state index >= 15 is 0 Å². The maximum absolute atomic E-state index is 6.95. The molecule has 442 valence electrons. The molecule has 0 saturated heterocycles. The molecule has 0 aliphatic heterocycles.